The average Bonchev–Trinajstić information content (AvgIpc) is 2.75. The molecule has 3 nitrogen and oxygen atoms in total. The Morgan fingerprint density at radius 3 is 1.88 bits per heavy atom. The highest BCUT2D eigenvalue weighted by molar-refractivity contribution is 5.49. The van der Waals surface area contributed by atoms with Crippen molar-refractivity contribution in [1.29, 1.82) is 0 Å². The molecule has 0 radical (unpaired) electrons. The number of benzene rings is 2. The zero-order valence-electron chi connectivity index (χ0n) is 14.8. The molecule has 1 aliphatic rings. The highest BCUT2D eigenvalue weighted by Crippen LogP contribution is 2.39. The van der Waals surface area contributed by atoms with Gasteiger partial charge in [-0.1, -0.05) is 12.1 Å². The van der Waals surface area contributed by atoms with Gasteiger partial charge in [-0.05, 0) is 79.1 Å². The minimum atomic E-state index is 0.219. The van der Waals surface area contributed by atoms with Crippen LogP contribution >= 0.6 is 0 Å². The number of hydrogen-bond donors (Lipinski definition) is 1. The summed E-state index contributed by atoms with van der Waals surface area (Å²) >= 11 is 0. The second kappa shape index (κ2) is 7.27. The summed E-state index contributed by atoms with van der Waals surface area (Å²) in [6.07, 6.45) is 4.14. The second-order valence-corrected chi connectivity index (χ2v) is 6.74. The fourth-order valence-electron chi connectivity index (χ4n) is 3.71. The molecule has 0 amide bonds. The first-order valence-corrected chi connectivity index (χ1v) is 8.71. The number of aryl methyl sites for hydroxylation is 2. The summed E-state index contributed by atoms with van der Waals surface area (Å²) in [6.45, 7) is 2.08. The Morgan fingerprint density at radius 1 is 0.958 bits per heavy atom. The van der Waals surface area contributed by atoms with Gasteiger partial charge in [0, 0.05) is 12.0 Å². The molecule has 24 heavy (non-hydrogen) atoms. The van der Waals surface area contributed by atoms with Crippen molar-refractivity contribution in [1.82, 2.24) is 0 Å². The number of rotatable bonds is 5. The van der Waals surface area contributed by atoms with E-state index in [2.05, 4.69) is 43.3 Å². The van der Waals surface area contributed by atoms with E-state index in [0.29, 0.717) is 5.92 Å². The normalized spacial score (nSPS) is 15.2. The van der Waals surface area contributed by atoms with Crippen LogP contribution in [-0.4, -0.2) is 20.3 Å². The molecule has 2 aromatic rings. The van der Waals surface area contributed by atoms with E-state index in [1.807, 2.05) is 0 Å². The van der Waals surface area contributed by atoms with E-state index in [-0.39, 0.29) is 6.04 Å². The van der Waals surface area contributed by atoms with Gasteiger partial charge in [0.25, 0.3) is 0 Å². The van der Waals surface area contributed by atoms with Gasteiger partial charge in [0.15, 0.2) is 0 Å². The van der Waals surface area contributed by atoms with Gasteiger partial charge >= 0.3 is 0 Å². The standard InChI is InChI=1S/C21H27NO2/c1-14(22)4-9-21-19-10-7-17(23-2)12-15(19)5-6-16-13-18(24-3)8-11-20(16)21/h7-8,10-14,21H,4-6,9,22H2,1-3H3. The first kappa shape index (κ1) is 16.8. The Balaban J connectivity index is 2.05. The summed E-state index contributed by atoms with van der Waals surface area (Å²) in [5.74, 6) is 2.26. The molecule has 0 spiro atoms. The number of nitrogens with two attached hydrogens (primary N) is 1. The van der Waals surface area contributed by atoms with Crippen molar-refractivity contribution in [3.8, 4) is 11.5 Å². The van der Waals surface area contributed by atoms with Crippen molar-refractivity contribution in [3.05, 3.63) is 58.7 Å². The van der Waals surface area contributed by atoms with Crippen LogP contribution in [-0.2, 0) is 12.8 Å². The van der Waals surface area contributed by atoms with Gasteiger partial charge in [-0.25, -0.2) is 0 Å². The van der Waals surface area contributed by atoms with Gasteiger partial charge in [-0.15, -0.1) is 0 Å². The summed E-state index contributed by atoms with van der Waals surface area (Å²) in [6, 6.07) is 13.2. The Morgan fingerprint density at radius 2 is 1.46 bits per heavy atom. The van der Waals surface area contributed by atoms with Crippen molar-refractivity contribution >= 4 is 0 Å². The molecule has 2 N–H and O–H groups in total. The molecule has 0 aliphatic heterocycles. The topological polar surface area (TPSA) is 44.5 Å². The Bertz CT molecular complexity index is 653. The third-order valence-electron chi connectivity index (χ3n) is 5.03. The molecule has 1 unspecified atom stereocenters. The maximum absolute atomic E-state index is 6.04. The van der Waals surface area contributed by atoms with Crippen LogP contribution in [0, 0.1) is 0 Å². The molecule has 3 heteroatoms. The van der Waals surface area contributed by atoms with Crippen LogP contribution in [0.1, 0.15) is 47.9 Å². The average molecular weight is 325 g/mol. The summed E-state index contributed by atoms with van der Waals surface area (Å²) in [5.41, 5.74) is 11.7. The van der Waals surface area contributed by atoms with Crippen LogP contribution in [0.3, 0.4) is 0 Å². The van der Waals surface area contributed by atoms with Crippen molar-refractivity contribution in [2.24, 2.45) is 5.73 Å². The molecular weight excluding hydrogens is 298 g/mol. The predicted molar refractivity (Wildman–Crippen MR) is 98.1 cm³/mol. The van der Waals surface area contributed by atoms with E-state index < -0.39 is 0 Å². The lowest BCUT2D eigenvalue weighted by Gasteiger charge is -2.22. The summed E-state index contributed by atoms with van der Waals surface area (Å²) in [5, 5.41) is 0. The maximum Gasteiger partial charge on any atom is 0.119 e. The van der Waals surface area contributed by atoms with Crippen molar-refractivity contribution in [3.63, 3.8) is 0 Å². The molecule has 1 aliphatic carbocycles. The number of ether oxygens (including phenoxy) is 2. The van der Waals surface area contributed by atoms with E-state index in [0.717, 1.165) is 37.2 Å². The predicted octanol–water partition coefficient (Wildman–Crippen LogP) is 4.06. The van der Waals surface area contributed by atoms with E-state index >= 15 is 0 Å². The molecule has 1 atom stereocenters. The SMILES string of the molecule is COc1ccc2c(c1)CCc1cc(OC)ccc1C2CCC(C)N. The molecule has 0 saturated carbocycles. The lowest BCUT2D eigenvalue weighted by Crippen LogP contribution is -2.16. The largest absolute Gasteiger partial charge is 0.497 e. The fourth-order valence-corrected chi connectivity index (χ4v) is 3.71. The van der Waals surface area contributed by atoms with Crippen LogP contribution in [0.25, 0.3) is 0 Å². The molecule has 0 aromatic heterocycles. The van der Waals surface area contributed by atoms with Gasteiger partial charge in [0.2, 0.25) is 0 Å². The van der Waals surface area contributed by atoms with Crippen molar-refractivity contribution in [2.75, 3.05) is 14.2 Å². The second-order valence-electron chi connectivity index (χ2n) is 6.74. The molecular formula is C21H27NO2. The van der Waals surface area contributed by atoms with E-state index in [1.54, 1.807) is 14.2 Å². The van der Waals surface area contributed by atoms with Crippen LogP contribution in [0.5, 0.6) is 11.5 Å². The number of methoxy groups -OCH3 is 2. The monoisotopic (exact) mass is 325 g/mol. The summed E-state index contributed by atoms with van der Waals surface area (Å²) < 4.78 is 10.9. The van der Waals surface area contributed by atoms with Gasteiger partial charge < -0.3 is 15.2 Å². The Kier molecular flexibility index (Phi) is 5.10. The Hall–Kier alpha value is -2.00. The molecule has 3 rings (SSSR count). The van der Waals surface area contributed by atoms with Crippen LogP contribution in [0.4, 0.5) is 0 Å². The number of hydrogen-bond acceptors (Lipinski definition) is 3. The minimum absolute atomic E-state index is 0.219. The molecule has 2 aromatic carbocycles. The minimum Gasteiger partial charge on any atom is -0.497 e. The van der Waals surface area contributed by atoms with Crippen molar-refractivity contribution in [2.45, 2.75) is 44.6 Å². The third-order valence-corrected chi connectivity index (χ3v) is 5.03. The highest BCUT2D eigenvalue weighted by Gasteiger charge is 2.24. The lowest BCUT2D eigenvalue weighted by molar-refractivity contribution is 0.414. The first-order chi connectivity index (χ1) is 11.6. The van der Waals surface area contributed by atoms with Crippen molar-refractivity contribution < 1.29 is 9.47 Å². The zero-order chi connectivity index (χ0) is 17.1. The molecule has 0 bridgehead atoms. The quantitative estimate of drug-likeness (QED) is 0.901. The fraction of sp³-hybridized carbons (Fsp3) is 0.429. The maximum atomic E-state index is 6.04. The van der Waals surface area contributed by atoms with Gasteiger partial charge in [0.05, 0.1) is 14.2 Å². The smallest absolute Gasteiger partial charge is 0.119 e. The summed E-state index contributed by atoms with van der Waals surface area (Å²) in [7, 11) is 3.46. The zero-order valence-corrected chi connectivity index (χ0v) is 14.8. The van der Waals surface area contributed by atoms with Crippen LogP contribution in [0.2, 0.25) is 0 Å². The van der Waals surface area contributed by atoms with Gasteiger partial charge in [-0.2, -0.15) is 0 Å². The van der Waals surface area contributed by atoms with Crippen LogP contribution in [0.15, 0.2) is 36.4 Å². The van der Waals surface area contributed by atoms with Crippen LogP contribution < -0.4 is 15.2 Å². The Labute approximate surface area is 144 Å². The molecule has 128 valence electrons. The van der Waals surface area contributed by atoms with Gasteiger partial charge in [0.1, 0.15) is 11.5 Å². The lowest BCUT2D eigenvalue weighted by atomic mass is 9.84. The van der Waals surface area contributed by atoms with E-state index in [4.69, 9.17) is 15.2 Å². The highest BCUT2D eigenvalue weighted by atomic mass is 16.5. The molecule has 0 fully saturated rings. The molecule has 0 saturated heterocycles. The van der Waals surface area contributed by atoms with E-state index in [1.165, 1.54) is 22.3 Å². The van der Waals surface area contributed by atoms with E-state index in [9.17, 15) is 0 Å². The first-order valence-electron chi connectivity index (χ1n) is 8.71. The summed E-state index contributed by atoms with van der Waals surface area (Å²) in [4.78, 5) is 0. The third kappa shape index (κ3) is 3.41. The molecule has 0 heterocycles. The number of fused-ring (bicyclic) bond motifs is 2. The van der Waals surface area contributed by atoms with Gasteiger partial charge in [-0.3, -0.25) is 0 Å².